The monoisotopic (exact) mass is 382 g/mol. The van der Waals surface area contributed by atoms with Crippen molar-refractivity contribution in [3.05, 3.63) is 47.1 Å². The zero-order chi connectivity index (χ0) is 16.8. The standard InChI is InChI=1S/C18H23ClN4O.ClH/c19-16-4-1-15(2-5-16)13-23-17(9-12-21-23)22-18(24)6-3-14-7-10-20-11-8-14;/h1-2,4-5,9,12,14,20H,3,6-8,10-11,13H2,(H,22,24);1H. The number of halogens is 2. The van der Waals surface area contributed by atoms with Crippen molar-refractivity contribution in [2.45, 2.75) is 32.2 Å². The Hall–Kier alpha value is -1.56. The first-order valence-electron chi connectivity index (χ1n) is 8.47. The van der Waals surface area contributed by atoms with Gasteiger partial charge in [-0.05, 0) is 56.0 Å². The average Bonchev–Trinajstić information content (AvgIpc) is 3.03. The third kappa shape index (κ3) is 6.03. The lowest BCUT2D eigenvalue weighted by Gasteiger charge is -2.22. The zero-order valence-corrected chi connectivity index (χ0v) is 15.7. The molecule has 1 aliphatic rings. The highest BCUT2D eigenvalue weighted by Crippen LogP contribution is 2.19. The normalized spacial score (nSPS) is 14.8. The van der Waals surface area contributed by atoms with Gasteiger partial charge >= 0.3 is 0 Å². The van der Waals surface area contributed by atoms with Crippen molar-refractivity contribution in [3.63, 3.8) is 0 Å². The van der Waals surface area contributed by atoms with Crippen LogP contribution in [0.15, 0.2) is 36.5 Å². The van der Waals surface area contributed by atoms with Crippen LogP contribution in [0, 0.1) is 5.92 Å². The Bertz CT molecular complexity index is 666. The summed E-state index contributed by atoms with van der Waals surface area (Å²) in [6.45, 7) is 2.74. The topological polar surface area (TPSA) is 59.0 Å². The number of nitrogens with one attached hydrogen (secondary N) is 2. The van der Waals surface area contributed by atoms with E-state index in [1.54, 1.807) is 10.9 Å². The first kappa shape index (κ1) is 19.8. The van der Waals surface area contributed by atoms with Gasteiger partial charge in [-0.2, -0.15) is 5.10 Å². The molecule has 5 nitrogen and oxygen atoms in total. The summed E-state index contributed by atoms with van der Waals surface area (Å²) in [6, 6.07) is 9.48. The number of amides is 1. The molecule has 1 aromatic carbocycles. The van der Waals surface area contributed by atoms with Crippen LogP contribution in [0.2, 0.25) is 5.02 Å². The van der Waals surface area contributed by atoms with Gasteiger partial charge in [0.25, 0.3) is 0 Å². The van der Waals surface area contributed by atoms with Crippen molar-refractivity contribution in [1.82, 2.24) is 15.1 Å². The van der Waals surface area contributed by atoms with Crippen LogP contribution in [-0.4, -0.2) is 28.8 Å². The Labute approximate surface area is 159 Å². The predicted octanol–water partition coefficient (Wildman–Crippen LogP) is 3.72. The van der Waals surface area contributed by atoms with Gasteiger partial charge in [-0.25, -0.2) is 4.68 Å². The highest BCUT2D eigenvalue weighted by atomic mass is 35.5. The highest BCUT2D eigenvalue weighted by Gasteiger charge is 2.15. The largest absolute Gasteiger partial charge is 0.317 e. The van der Waals surface area contributed by atoms with Crippen LogP contribution in [0.1, 0.15) is 31.2 Å². The van der Waals surface area contributed by atoms with Crippen molar-refractivity contribution in [1.29, 1.82) is 0 Å². The summed E-state index contributed by atoms with van der Waals surface area (Å²) in [6.07, 6.45) is 5.57. The molecule has 0 atom stereocenters. The molecule has 25 heavy (non-hydrogen) atoms. The van der Waals surface area contributed by atoms with Crippen LogP contribution in [0.25, 0.3) is 0 Å². The molecule has 0 unspecified atom stereocenters. The van der Waals surface area contributed by atoms with Crippen molar-refractivity contribution >= 4 is 35.7 Å². The quantitative estimate of drug-likeness (QED) is 0.799. The molecule has 0 aliphatic carbocycles. The Kier molecular flexibility index (Phi) is 7.75. The lowest BCUT2D eigenvalue weighted by Crippen LogP contribution is -2.28. The van der Waals surface area contributed by atoms with Crippen molar-refractivity contribution < 1.29 is 4.79 Å². The highest BCUT2D eigenvalue weighted by molar-refractivity contribution is 6.30. The van der Waals surface area contributed by atoms with E-state index in [-0.39, 0.29) is 18.3 Å². The van der Waals surface area contributed by atoms with Gasteiger partial charge in [-0.1, -0.05) is 23.7 Å². The summed E-state index contributed by atoms with van der Waals surface area (Å²) in [5, 5.41) is 11.3. The van der Waals surface area contributed by atoms with E-state index in [1.807, 2.05) is 30.3 Å². The van der Waals surface area contributed by atoms with Gasteiger partial charge in [0.05, 0.1) is 12.7 Å². The molecular weight excluding hydrogens is 359 g/mol. The molecule has 1 saturated heterocycles. The molecule has 2 N–H and O–H groups in total. The minimum absolute atomic E-state index is 0. The summed E-state index contributed by atoms with van der Waals surface area (Å²) in [7, 11) is 0. The molecule has 3 rings (SSSR count). The minimum atomic E-state index is 0. The van der Waals surface area contributed by atoms with Gasteiger partial charge in [-0.15, -0.1) is 12.4 Å². The summed E-state index contributed by atoms with van der Waals surface area (Å²) >= 11 is 5.91. The number of anilines is 1. The van der Waals surface area contributed by atoms with E-state index in [0.29, 0.717) is 23.9 Å². The summed E-state index contributed by atoms with van der Waals surface area (Å²) in [5.74, 6) is 1.46. The number of carbonyl (C=O) groups excluding carboxylic acids is 1. The fourth-order valence-electron chi connectivity index (χ4n) is 3.04. The van der Waals surface area contributed by atoms with Crippen LogP contribution in [0.3, 0.4) is 0 Å². The van der Waals surface area contributed by atoms with Crippen LogP contribution >= 0.6 is 24.0 Å². The Morgan fingerprint density at radius 3 is 2.68 bits per heavy atom. The number of carbonyl (C=O) groups is 1. The molecule has 136 valence electrons. The van der Waals surface area contributed by atoms with E-state index in [1.165, 1.54) is 12.8 Å². The van der Waals surface area contributed by atoms with E-state index in [0.717, 1.165) is 30.9 Å². The molecule has 0 radical (unpaired) electrons. The zero-order valence-electron chi connectivity index (χ0n) is 14.1. The second-order valence-corrected chi connectivity index (χ2v) is 6.72. The number of aromatic nitrogens is 2. The van der Waals surface area contributed by atoms with Crippen molar-refractivity contribution in [3.8, 4) is 0 Å². The second-order valence-electron chi connectivity index (χ2n) is 6.28. The molecule has 0 bridgehead atoms. The molecular formula is C18H24Cl2N4O. The van der Waals surface area contributed by atoms with Gasteiger partial charge in [0.2, 0.25) is 5.91 Å². The molecule has 1 fully saturated rings. The molecule has 0 saturated carbocycles. The summed E-state index contributed by atoms with van der Waals surface area (Å²) in [4.78, 5) is 12.2. The van der Waals surface area contributed by atoms with E-state index < -0.39 is 0 Å². The third-order valence-electron chi connectivity index (χ3n) is 4.47. The number of benzene rings is 1. The Morgan fingerprint density at radius 1 is 1.24 bits per heavy atom. The van der Waals surface area contributed by atoms with E-state index in [4.69, 9.17) is 11.6 Å². The van der Waals surface area contributed by atoms with Crippen LogP contribution < -0.4 is 10.6 Å². The van der Waals surface area contributed by atoms with Gasteiger partial charge in [0, 0.05) is 17.5 Å². The second kappa shape index (κ2) is 9.80. The molecule has 1 aromatic heterocycles. The fraction of sp³-hybridized carbons (Fsp3) is 0.444. The maximum atomic E-state index is 12.2. The number of rotatable bonds is 6. The van der Waals surface area contributed by atoms with Gasteiger partial charge < -0.3 is 10.6 Å². The number of hydrogen-bond donors (Lipinski definition) is 2. The Morgan fingerprint density at radius 2 is 1.96 bits per heavy atom. The van der Waals surface area contributed by atoms with E-state index in [2.05, 4.69) is 15.7 Å². The minimum Gasteiger partial charge on any atom is -0.317 e. The van der Waals surface area contributed by atoms with E-state index >= 15 is 0 Å². The van der Waals surface area contributed by atoms with Crippen molar-refractivity contribution in [2.75, 3.05) is 18.4 Å². The van der Waals surface area contributed by atoms with Crippen LogP contribution in [0.5, 0.6) is 0 Å². The summed E-state index contributed by atoms with van der Waals surface area (Å²) in [5.41, 5.74) is 1.09. The fourth-order valence-corrected chi connectivity index (χ4v) is 3.16. The smallest absolute Gasteiger partial charge is 0.225 e. The average molecular weight is 383 g/mol. The maximum Gasteiger partial charge on any atom is 0.225 e. The number of hydrogen-bond acceptors (Lipinski definition) is 3. The molecule has 1 amide bonds. The first-order valence-corrected chi connectivity index (χ1v) is 8.85. The Balaban J connectivity index is 0.00000225. The predicted molar refractivity (Wildman–Crippen MR) is 103 cm³/mol. The van der Waals surface area contributed by atoms with Crippen LogP contribution in [0.4, 0.5) is 5.82 Å². The molecule has 1 aliphatic heterocycles. The SMILES string of the molecule is Cl.O=C(CCC1CCNCC1)Nc1ccnn1Cc1ccc(Cl)cc1. The summed E-state index contributed by atoms with van der Waals surface area (Å²) < 4.78 is 1.80. The van der Waals surface area contributed by atoms with Crippen molar-refractivity contribution in [2.24, 2.45) is 5.92 Å². The first-order chi connectivity index (χ1) is 11.7. The van der Waals surface area contributed by atoms with Gasteiger partial charge in [-0.3, -0.25) is 4.79 Å². The molecule has 2 heterocycles. The van der Waals surface area contributed by atoms with Crippen LogP contribution in [-0.2, 0) is 11.3 Å². The lowest BCUT2D eigenvalue weighted by atomic mass is 9.93. The number of piperidine rings is 1. The lowest BCUT2D eigenvalue weighted by molar-refractivity contribution is -0.116. The van der Waals surface area contributed by atoms with Gasteiger partial charge in [0.1, 0.15) is 5.82 Å². The third-order valence-corrected chi connectivity index (χ3v) is 4.72. The molecule has 0 spiro atoms. The molecule has 2 aromatic rings. The number of nitrogens with zero attached hydrogens (tertiary/aromatic N) is 2. The maximum absolute atomic E-state index is 12.2. The molecule has 7 heteroatoms. The van der Waals surface area contributed by atoms with Gasteiger partial charge in [0.15, 0.2) is 0 Å². The van der Waals surface area contributed by atoms with E-state index in [9.17, 15) is 4.79 Å².